The maximum atomic E-state index is 13.3. The first kappa shape index (κ1) is 17.1. The highest BCUT2D eigenvalue weighted by atomic mass is 19.1. The van der Waals surface area contributed by atoms with Gasteiger partial charge in [-0.3, -0.25) is 4.90 Å². The Morgan fingerprint density at radius 1 is 1.19 bits per heavy atom. The van der Waals surface area contributed by atoms with E-state index < -0.39 is 6.10 Å². The molecule has 2 atom stereocenters. The van der Waals surface area contributed by atoms with E-state index in [0.29, 0.717) is 26.2 Å². The molecule has 2 aromatic heterocycles. The summed E-state index contributed by atoms with van der Waals surface area (Å²) in [7, 11) is 0. The minimum absolute atomic E-state index is 0.159. The molecule has 6 heteroatoms. The van der Waals surface area contributed by atoms with Crippen LogP contribution >= 0.6 is 0 Å². The van der Waals surface area contributed by atoms with Crippen molar-refractivity contribution in [2.24, 2.45) is 0 Å². The summed E-state index contributed by atoms with van der Waals surface area (Å²) in [5.41, 5.74) is 3.59. The lowest BCUT2D eigenvalue weighted by Gasteiger charge is -2.16. The Hall–Kier alpha value is -2.28. The number of benzene rings is 1. The standard InChI is InChI=1S/C20H22FN3O2/c1-2-26-18-13-23(12-17(18)25)11-16-20(14-6-8-15(21)9-7-14)22-19-5-3-4-10-24(16)19/h3-10,17-18,25H,2,11-13H2,1H3/t17-,18-/m1/s1. The Kier molecular flexibility index (Phi) is 4.72. The first-order valence-corrected chi connectivity index (χ1v) is 8.89. The van der Waals surface area contributed by atoms with Crippen LogP contribution in [0.4, 0.5) is 4.39 Å². The molecule has 1 fully saturated rings. The molecular weight excluding hydrogens is 333 g/mol. The van der Waals surface area contributed by atoms with Crippen LogP contribution in [0, 0.1) is 5.82 Å². The van der Waals surface area contributed by atoms with Crippen LogP contribution in [0.2, 0.25) is 0 Å². The zero-order valence-corrected chi connectivity index (χ0v) is 14.7. The second-order valence-corrected chi connectivity index (χ2v) is 6.60. The van der Waals surface area contributed by atoms with Gasteiger partial charge in [-0.15, -0.1) is 0 Å². The van der Waals surface area contributed by atoms with Crippen LogP contribution in [-0.2, 0) is 11.3 Å². The van der Waals surface area contributed by atoms with E-state index >= 15 is 0 Å². The van der Waals surface area contributed by atoms with E-state index in [2.05, 4.69) is 9.30 Å². The van der Waals surface area contributed by atoms with Crippen LogP contribution in [0.25, 0.3) is 16.9 Å². The van der Waals surface area contributed by atoms with Crippen molar-refractivity contribution in [2.45, 2.75) is 25.7 Å². The van der Waals surface area contributed by atoms with Crippen molar-refractivity contribution in [3.05, 3.63) is 60.2 Å². The lowest BCUT2D eigenvalue weighted by Crippen LogP contribution is -2.26. The van der Waals surface area contributed by atoms with Crippen LogP contribution < -0.4 is 0 Å². The fourth-order valence-corrected chi connectivity index (χ4v) is 3.59. The second kappa shape index (κ2) is 7.15. The molecule has 0 radical (unpaired) electrons. The molecule has 3 heterocycles. The molecule has 0 amide bonds. The van der Waals surface area contributed by atoms with Crippen molar-refractivity contribution < 1.29 is 14.2 Å². The summed E-state index contributed by atoms with van der Waals surface area (Å²) in [5, 5.41) is 10.2. The number of likely N-dealkylation sites (tertiary alicyclic amines) is 1. The molecule has 0 aliphatic carbocycles. The molecule has 1 aromatic carbocycles. The molecular formula is C20H22FN3O2. The predicted molar refractivity (Wildman–Crippen MR) is 97.3 cm³/mol. The van der Waals surface area contributed by atoms with E-state index in [1.165, 1.54) is 12.1 Å². The number of ether oxygens (including phenoxy) is 1. The third-order valence-corrected chi connectivity index (χ3v) is 4.81. The summed E-state index contributed by atoms with van der Waals surface area (Å²) in [4.78, 5) is 6.92. The lowest BCUT2D eigenvalue weighted by molar-refractivity contribution is -0.00245. The molecule has 136 valence electrons. The predicted octanol–water partition coefficient (Wildman–Crippen LogP) is 2.72. The Morgan fingerprint density at radius 2 is 2.00 bits per heavy atom. The lowest BCUT2D eigenvalue weighted by atomic mass is 10.1. The molecule has 1 saturated heterocycles. The van der Waals surface area contributed by atoms with Crippen molar-refractivity contribution in [3.8, 4) is 11.3 Å². The monoisotopic (exact) mass is 355 g/mol. The summed E-state index contributed by atoms with van der Waals surface area (Å²) in [5.74, 6) is -0.263. The first-order valence-electron chi connectivity index (χ1n) is 8.89. The number of nitrogens with zero attached hydrogens (tertiary/aromatic N) is 3. The number of imidazole rings is 1. The molecule has 4 rings (SSSR count). The number of aliphatic hydroxyl groups excluding tert-OH is 1. The number of rotatable bonds is 5. The van der Waals surface area contributed by atoms with E-state index in [1.54, 1.807) is 12.1 Å². The van der Waals surface area contributed by atoms with Crippen LogP contribution in [0.5, 0.6) is 0 Å². The van der Waals surface area contributed by atoms with Crippen LogP contribution in [0.3, 0.4) is 0 Å². The third-order valence-electron chi connectivity index (χ3n) is 4.81. The highest BCUT2D eigenvalue weighted by Gasteiger charge is 2.32. The largest absolute Gasteiger partial charge is 0.389 e. The summed E-state index contributed by atoms with van der Waals surface area (Å²) in [6.07, 6.45) is 1.34. The molecule has 0 unspecified atom stereocenters. The molecule has 0 saturated carbocycles. The van der Waals surface area contributed by atoms with Gasteiger partial charge in [0.2, 0.25) is 0 Å². The first-order chi connectivity index (χ1) is 12.7. The quantitative estimate of drug-likeness (QED) is 0.765. The minimum Gasteiger partial charge on any atom is -0.389 e. The van der Waals surface area contributed by atoms with Crippen LogP contribution in [-0.4, -0.2) is 51.3 Å². The second-order valence-electron chi connectivity index (χ2n) is 6.60. The molecule has 0 spiro atoms. The van der Waals surface area contributed by atoms with Gasteiger partial charge in [0.1, 0.15) is 11.5 Å². The van der Waals surface area contributed by atoms with E-state index in [1.807, 2.05) is 31.3 Å². The Labute approximate surface area is 151 Å². The number of aliphatic hydroxyl groups is 1. The number of hydrogen-bond acceptors (Lipinski definition) is 4. The highest BCUT2D eigenvalue weighted by molar-refractivity contribution is 5.66. The highest BCUT2D eigenvalue weighted by Crippen LogP contribution is 2.27. The zero-order chi connectivity index (χ0) is 18.1. The molecule has 1 aliphatic rings. The Bertz CT molecular complexity index is 894. The van der Waals surface area contributed by atoms with Crippen molar-refractivity contribution in [3.63, 3.8) is 0 Å². The normalized spacial score (nSPS) is 20.9. The van der Waals surface area contributed by atoms with Gasteiger partial charge in [-0.2, -0.15) is 0 Å². The average molecular weight is 355 g/mol. The van der Waals surface area contributed by atoms with E-state index in [4.69, 9.17) is 9.72 Å². The van der Waals surface area contributed by atoms with Gasteiger partial charge in [-0.25, -0.2) is 9.37 Å². The summed E-state index contributed by atoms with van der Waals surface area (Å²) in [6, 6.07) is 12.3. The van der Waals surface area contributed by atoms with Gasteiger partial charge in [0.05, 0.1) is 23.6 Å². The van der Waals surface area contributed by atoms with Crippen molar-refractivity contribution in [1.29, 1.82) is 0 Å². The summed E-state index contributed by atoms with van der Waals surface area (Å²) in [6.45, 7) is 4.41. The number of aromatic nitrogens is 2. The van der Waals surface area contributed by atoms with E-state index in [-0.39, 0.29) is 11.9 Å². The molecule has 1 N–H and O–H groups in total. The van der Waals surface area contributed by atoms with Crippen LogP contribution in [0.1, 0.15) is 12.6 Å². The Balaban J connectivity index is 1.69. The number of β-amino-alcohol motifs (C(OH)–C–C–N with tert-alkyl or cyclic N) is 1. The summed E-state index contributed by atoms with van der Waals surface area (Å²) < 4.78 is 21.0. The van der Waals surface area contributed by atoms with Gasteiger partial charge in [0.25, 0.3) is 0 Å². The number of pyridine rings is 1. The molecule has 3 aromatic rings. The van der Waals surface area contributed by atoms with Gasteiger partial charge >= 0.3 is 0 Å². The number of hydrogen-bond donors (Lipinski definition) is 1. The molecule has 5 nitrogen and oxygen atoms in total. The zero-order valence-electron chi connectivity index (χ0n) is 14.7. The van der Waals surface area contributed by atoms with Crippen molar-refractivity contribution >= 4 is 5.65 Å². The van der Waals surface area contributed by atoms with Gasteiger partial charge in [-0.1, -0.05) is 6.07 Å². The fraction of sp³-hybridized carbons (Fsp3) is 0.350. The maximum Gasteiger partial charge on any atom is 0.137 e. The fourth-order valence-electron chi connectivity index (χ4n) is 3.59. The smallest absolute Gasteiger partial charge is 0.137 e. The van der Waals surface area contributed by atoms with Gasteiger partial charge in [-0.05, 0) is 43.3 Å². The third kappa shape index (κ3) is 3.23. The van der Waals surface area contributed by atoms with Crippen molar-refractivity contribution in [1.82, 2.24) is 14.3 Å². The maximum absolute atomic E-state index is 13.3. The molecule has 1 aliphatic heterocycles. The minimum atomic E-state index is -0.483. The van der Waals surface area contributed by atoms with Gasteiger partial charge in [0, 0.05) is 38.0 Å². The van der Waals surface area contributed by atoms with Gasteiger partial charge < -0.3 is 14.2 Å². The topological polar surface area (TPSA) is 50.0 Å². The van der Waals surface area contributed by atoms with E-state index in [9.17, 15) is 9.50 Å². The number of halogens is 1. The average Bonchev–Trinajstić information content (AvgIpc) is 3.17. The SMILES string of the molecule is CCO[C@@H]1CN(Cc2c(-c3ccc(F)cc3)nc3ccccn23)C[C@H]1O. The van der Waals surface area contributed by atoms with Gasteiger partial charge in [0.15, 0.2) is 0 Å². The van der Waals surface area contributed by atoms with Crippen molar-refractivity contribution in [2.75, 3.05) is 19.7 Å². The Morgan fingerprint density at radius 3 is 2.77 bits per heavy atom. The molecule has 0 bridgehead atoms. The number of fused-ring (bicyclic) bond motifs is 1. The van der Waals surface area contributed by atoms with Crippen LogP contribution in [0.15, 0.2) is 48.7 Å². The summed E-state index contributed by atoms with van der Waals surface area (Å²) >= 11 is 0. The molecule has 26 heavy (non-hydrogen) atoms. The van der Waals surface area contributed by atoms with E-state index in [0.717, 1.165) is 22.6 Å².